The molecule has 2 saturated heterocycles. The minimum absolute atomic E-state index is 0.480. The van der Waals surface area contributed by atoms with Crippen LogP contribution in [-0.2, 0) is 0 Å². The molecule has 5 unspecified atom stereocenters. The van der Waals surface area contributed by atoms with Gasteiger partial charge in [0.25, 0.3) is 0 Å². The molecule has 0 aromatic carbocycles. The maximum atomic E-state index is 6.06. The Labute approximate surface area is 122 Å². The number of fused-ring (bicyclic) bond motifs is 1. The van der Waals surface area contributed by atoms with Crippen LogP contribution >= 0.6 is 0 Å². The van der Waals surface area contributed by atoms with Crippen LogP contribution in [0.5, 0.6) is 0 Å². The van der Waals surface area contributed by atoms with Crippen molar-refractivity contribution in [2.45, 2.75) is 37.3 Å². The number of nitrogens with one attached hydrogen (secondary N) is 1. The fourth-order valence-corrected chi connectivity index (χ4v) is 6.57. The third-order valence-electron chi connectivity index (χ3n) is 7.41. The molecular weight excluding hydrogens is 248 g/mol. The summed E-state index contributed by atoms with van der Waals surface area (Å²) < 4.78 is 0. The highest BCUT2D eigenvalue weighted by Gasteiger charge is 2.67. The van der Waals surface area contributed by atoms with E-state index in [1.807, 2.05) is 0 Å². The van der Waals surface area contributed by atoms with Crippen molar-refractivity contribution >= 4 is 0 Å². The van der Waals surface area contributed by atoms with Crippen molar-refractivity contribution in [3.63, 3.8) is 0 Å². The van der Waals surface area contributed by atoms with Gasteiger partial charge in [0.05, 0.1) is 0 Å². The van der Waals surface area contributed by atoms with Gasteiger partial charge in [-0.2, -0.15) is 0 Å². The Morgan fingerprint density at radius 3 is 2.45 bits per heavy atom. The summed E-state index contributed by atoms with van der Waals surface area (Å²) in [4.78, 5) is 2.55. The topological polar surface area (TPSA) is 44.5 Å². The quantitative estimate of drug-likeness (QED) is 0.788. The van der Waals surface area contributed by atoms with Gasteiger partial charge < -0.3 is 10.6 Å². The predicted molar refractivity (Wildman–Crippen MR) is 78.8 cm³/mol. The van der Waals surface area contributed by atoms with Gasteiger partial charge in [0.1, 0.15) is 0 Å². The molecule has 0 radical (unpaired) electrons. The Hall–Kier alpha value is -0.160. The monoisotopic (exact) mass is 276 g/mol. The second-order valence-electron chi connectivity index (χ2n) is 8.40. The SMILES string of the molecule is CN1CC2CC3(NN4CC5CCC5C4CN)CC(C1)C23. The summed E-state index contributed by atoms with van der Waals surface area (Å²) in [5, 5.41) is 2.58. The zero-order chi connectivity index (χ0) is 13.5. The highest BCUT2D eigenvalue weighted by molar-refractivity contribution is 5.21. The van der Waals surface area contributed by atoms with Gasteiger partial charge in [-0.3, -0.25) is 0 Å². The van der Waals surface area contributed by atoms with Crippen LogP contribution in [-0.4, -0.2) is 54.7 Å². The molecule has 2 heterocycles. The third-order valence-corrected chi connectivity index (χ3v) is 7.41. The number of nitrogens with zero attached hydrogens (tertiary/aromatic N) is 2. The lowest BCUT2D eigenvalue weighted by Crippen LogP contribution is -2.80. The number of rotatable bonds is 3. The Morgan fingerprint density at radius 2 is 1.85 bits per heavy atom. The summed E-state index contributed by atoms with van der Waals surface area (Å²) in [6.45, 7) is 4.76. The molecule has 4 nitrogen and oxygen atoms in total. The van der Waals surface area contributed by atoms with Gasteiger partial charge in [0, 0.05) is 37.8 Å². The normalized spacial score (nSPS) is 57.3. The first-order chi connectivity index (χ1) is 9.70. The van der Waals surface area contributed by atoms with Crippen LogP contribution in [0.1, 0.15) is 25.7 Å². The van der Waals surface area contributed by atoms with Gasteiger partial charge in [-0.05, 0) is 62.3 Å². The van der Waals surface area contributed by atoms with Crippen molar-refractivity contribution < 1.29 is 0 Å². The number of hydrazine groups is 1. The lowest BCUT2D eigenvalue weighted by molar-refractivity contribution is -0.204. The molecule has 3 saturated carbocycles. The molecule has 0 bridgehead atoms. The first-order valence-corrected chi connectivity index (χ1v) is 8.63. The van der Waals surface area contributed by atoms with E-state index < -0.39 is 0 Å². The first-order valence-electron chi connectivity index (χ1n) is 8.63. The Balaban J connectivity index is 1.29. The number of hydrogen-bond acceptors (Lipinski definition) is 4. The Bertz CT molecular complexity index is 409. The molecule has 3 N–H and O–H groups in total. The van der Waals surface area contributed by atoms with Crippen molar-refractivity contribution in [3.8, 4) is 0 Å². The summed E-state index contributed by atoms with van der Waals surface area (Å²) in [6, 6.07) is 0.618. The Morgan fingerprint density at radius 1 is 1.10 bits per heavy atom. The van der Waals surface area contributed by atoms with E-state index in [-0.39, 0.29) is 0 Å². The molecule has 5 aliphatic rings. The second-order valence-corrected chi connectivity index (χ2v) is 8.40. The summed E-state index contributed by atoms with van der Waals surface area (Å²) in [5.74, 6) is 4.74. The van der Waals surface area contributed by atoms with E-state index in [2.05, 4.69) is 22.4 Å². The summed E-state index contributed by atoms with van der Waals surface area (Å²) in [6.07, 6.45) is 5.66. The van der Waals surface area contributed by atoms with Crippen LogP contribution in [0, 0.1) is 29.6 Å². The van der Waals surface area contributed by atoms with Crippen molar-refractivity contribution in [1.82, 2.24) is 15.3 Å². The molecule has 0 aromatic rings. The molecule has 0 aromatic heterocycles. The fraction of sp³-hybridized carbons (Fsp3) is 1.00. The first kappa shape index (κ1) is 12.4. The van der Waals surface area contributed by atoms with Gasteiger partial charge >= 0.3 is 0 Å². The van der Waals surface area contributed by atoms with Crippen molar-refractivity contribution in [2.75, 3.05) is 33.2 Å². The Kier molecular flexibility index (Phi) is 2.46. The van der Waals surface area contributed by atoms with Crippen molar-refractivity contribution in [3.05, 3.63) is 0 Å². The average Bonchev–Trinajstić information content (AvgIpc) is 2.57. The van der Waals surface area contributed by atoms with Crippen molar-refractivity contribution in [1.29, 1.82) is 0 Å². The number of likely N-dealkylation sites (tertiary alicyclic amines) is 1. The average molecular weight is 276 g/mol. The van der Waals surface area contributed by atoms with Crippen molar-refractivity contribution in [2.24, 2.45) is 35.3 Å². The molecular formula is C16H28N4. The molecule has 2 aliphatic heterocycles. The standard InChI is InChI=1S/C16H28N4/c1-19-7-11-4-16(5-12(8-19)15(11)16)18-20-9-10-2-3-13(10)14(20)6-17/h10-15,18H,2-9,17H2,1H3. The van der Waals surface area contributed by atoms with Gasteiger partial charge in [-0.15, -0.1) is 0 Å². The minimum Gasteiger partial charge on any atom is -0.329 e. The predicted octanol–water partition coefficient (Wildman–Crippen LogP) is 0.500. The lowest BCUT2D eigenvalue weighted by Gasteiger charge is -2.71. The number of nitrogens with two attached hydrogens (primary N) is 1. The van der Waals surface area contributed by atoms with Crippen LogP contribution in [0.25, 0.3) is 0 Å². The summed E-state index contributed by atoms with van der Waals surface area (Å²) >= 11 is 0. The van der Waals surface area contributed by atoms with E-state index in [4.69, 9.17) is 5.73 Å². The molecule has 4 heteroatoms. The van der Waals surface area contributed by atoms with Gasteiger partial charge in [-0.25, -0.2) is 10.4 Å². The molecule has 20 heavy (non-hydrogen) atoms. The number of hydrogen-bond donors (Lipinski definition) is 2. The molecule has 0 amide bonds. The molecule has 5 fully saturated rings. The smallest absolute Gasteiger partial charge is 0.0397 e. The van der Waals surface area contributed by atoms with E-state index in [9.17, 15) is 0 Å². The summed E-state index contributed by atoms with van der Waals surface area (Å²) in [5.41, 5.74) is 10.6. The van der Waals surface area contributed by atoms with Gasteiger partial charge in [0.2, 0.25) is 0 Å². The van der Waals surface area contributed by atoms with Crippen LogP contribution in [0.2, 0.25) is 0 Å². The maximum absolute atomic E-state index is 6.06. The van der Waals surface area contributed by atoms with Crippen LogP contribution in [0.4, 0.5) is 0 Å². The fourth-order valence-electron chi connectivity index (χ4n) is 6.57. The van der Waals surface area contributed by atoms with Crippen LogP contribution < -0.4 is 11.2 Å². The highest BCUT2D eigenvalue weighted by atomic mass is 15.6. The van der Waals surface area contributed by atoms with E-state index >= 15 is 0 Å². The number of piperidine rings is 1. The minimum atomic E-state index is 0.480. The molecule has 0 spiro atoms. The van der Waals surface area contributed by atoms with Crippen LogP contribution in [0.3, 0.4) is 0 Å². The van der Waals surface area contributed by atoms with E-state index in [0.29, 0.717) is 11.6 Å². The molecule has 112 valence electrons. The van der Waals surface area contributed by atoms with E-state index in [0.717, 1.165) is 36.1 Å². The summed E-state index contributed by atoms with van der Waals surface area (Å²) in [7, 11) is 2.30. The molecule has 5 atom stereocenters. The second kappa shape index (κ2) is 3.97. The maximum Gasteiger partial charge on any atom is 0.0397 e. The zero-order valence-corrected chi connectivity index (χ0v) is 12.6. The van der Waals surface area contributed by atoms with E-state index in [1.54, 1.807) is 0 Å². The highest BCUT2D eigenvalue weighted by Crippen LogP contribution is 2.63. The molecule has 3 aliphatic carbocycles. The van der Waals surface area contributed by atoms with Crippen LogP contribution in [0.15, 0.2) is 0 Å². The largest absolute Gasteiger partial charge is 0.329 e. The van der Waals surface area contributed by atoms with E-state index in [1.165, 1.54) is 45.3 Å². The molecule has 5 rings (SSSR count). The van der Waals surface area contributed by atoms with Gasteiger partial charge in [0.15, 0.2) is 0 Å². The third kappa shape index (κ3) is 1.41. The lowest BCUT2D eigenvalue weighted by atomic mass is 9.41. The van der Waals surface area contributed by atoms with Gasteiger partial charge in [-0.1, -0.05) is 0 Å². The zero-order valence-electron chi connectivity index (χ0n) is 12.6.